The number of hydrogen-bond acceptors (Lipinski definition) is 4. The summed E-state index contributed by atoms with van der Waals surface area (Å²) >= 11 is 0. The van der Waals surface area contributed by atoms with E-state index in [0.29, 0.717) is 17.0 Å². The van der Waals surface area contributed by atoms with Gasteiger partial charge in [-0.3, -0.25) is 19.7 Å². The van der Waals surface area contributed by atoms with Crippen molar-refractivity contribution in [2.24, 2.45) is 0 Å². The lowest BCUT2D eigenvalue weighted by molar-refractivity contribution is -0.111. The van der Waals surface area contributed by atoms with Gasteiger partial charge in [0.1, 0.15) is 5.75 Å². The lowest BCUT2D eigenvalue weighted by Crippen LogP contribution is -2.19. The van der Waals surface area contributed by atoms with Crippen molar-refractivity contribution >= 4 is 29.5 Å². The first kappa shape index (κ1) is 15.5. The van der Waals surface area contributed by atoms with Crippen molar-refractivity contribution in [1.82, 2.24) is 5.32 Å². The van der Waals surface area contributed by atoms with Crippen molar-refractivity contribution in [3.05, 3.63) is 65.2 Å². The van der Waals surface area contributed by atoms with Crippen molar-refractivity contribution in [2.75, 3.05) is 12.4 Å². The third-order valence-electron chi connectivity index (χ3n) is 3.56. The molecule has 0 aromatic heterocycles. The molecule has 6 heteroatoms. The summed E-state index contributed by atoms with van der Waals surface area (Å²) in [7, 11) is 1.56. The number of para-hydroxylation sites is 1. The standard InChI is InChI=1S/C18H14N2O4/c1-24-15-5-3-2-4-11(15)6-9-16(21)19-12-7-8-13-14(10-12)18(23)20-17(13)22/h2-10H,1H3,(H,19,21)(H,20,22,23)/b9-6+. The number of carbonyl (C=O) groups excluding carboxylic acids is 3. The van der Waals surface area contributed by atoms with Crippen molar-refractivity contribution in [1.29, 1.82) is 0 Å². The number of imide groups is 1. The number of rotatable bonds is 4. The molecule has 1 aliphatic rings. The Balaban J connectivity index is 1.74. The number of amides is 3. The van der Waals surface area contributed by atoms with Crippen LogP contribution in [0.5, 0.6) is 5.75 Å². The molecule has 2 aromatic carbocycles. The van der Waals surface area contributed by atoms with Crippen LogP contribution in [0.1, 0.15) is 26.3 Å². The van der Waals surface area contributed by atoms with Gasteiger partial charge in [-0.05, 0) is 30.3 Å². The van der Waals surface area contributed by atoms with Crippen LogP contribution in [0, 0.1) is 0 Å². The molecule has 0 saturated heterocycles. The van der Waals surface area contributed by atoms with E-state index in [0.717, 1.165) is 5.56 Å². The van der Waals surface area contributed by atoms with E-state index >= 15 is 0 Å². The Morgan fingerprint density at radius 2 is 1.83 bits per heavy atom. The minimum atomic E-state index is -0.462. The largest absolute Gasteiger partial charge is 0.496 e. The molecule has 0 radical (unpaired) electrons. The molecular formula is C18H14N2O4. The molecule has 0 aliphatic carbocycles. The summed E-state index contributed by atoms with van der Waals surface area (Å²) in [6.45, 7) is 0. The van der Waals surface area contributed by atoms with Crippen LogP contribution in [0.2, 0.25) is 0 Å². The van der Waals surface area contributed by atoms with Gasteiger partial charge < -0.3 is 10.1 Å². The van der Waals surface area contributed by atoms with Gasteiger partial charge in [0.2, 0.25) is 5.91 Å². The minimum Gasteiger partial charge on any atom is -0.496 e. The summed E-state index contributed by atoms with van der Waals surface area (Å²) in [6, 6.07) is 11.9. The first-order valence-electron chi connectivity index (χ1n) is 7.20. The Morgan fingerprint density at radius 3 is 2.62 bits per heavy atom. The molecular weight excluding hydrogens is 308 g/mol. The van der Waals surface area contributed by atoms with Gasteiger partial charge in [-0.2, -0.15) is 0 Å². The molecule has 3 rings (SSSR count). The smallest absolute Gasteiger partial charge is 0.259 e. The Morgan fingerprint density at radius 1 is 1.08 bits per heavy atom. The second kappa shape index (κ2) is 6.37. The molecule has 0 atom stereocenters. The van der Waals surface area contributed by atoms with Crippen LogP contribution in [0.3, 0.4) is 0 Å². The van der Waals surface area contributed by atoms with Crippen molar-refractivity contribution in [2.45, 2.75) is 0 Å². The van der Waals surface area contributed by atoms with Crippen LogP contribution >= 0.6 is 0 Å². The second-order valence-electron chi connectivity index (χ2n) is 5.11. The monoisotopic (exact) mass is 322 g/mol. The highest BCUT2D eigenvalue weighted by Gasteiger charge is 2.26. The zero-order valence-electron chi connectivity index (χ0n) is 12.8. The number of carbonyl (C=O) groups is 3. The first-order chi connectivity index (χ1) is 11.6. The van der Waals surface area contributed by atoms with Gasteiger partial charge in [-0.1, -0.05) is 18.2 Å². The lowest BCUT2D eigenvalue weighted by Gasteiger charge is -2.05. The van der Waals surface area contributed by atoms with Gasteiger partial charge in [-0.15, -0.1) is 0 Å². The molecule has 0 bridgehead atoms. The van der Waals surface area contributed by atoms with E-state index in [1.165, 1.54) is 18.2 Å². The molecule has 24 heavy (non-hydrogen) atoms. The predicted molar refractivity (Wildman–Crippen MR) is 88.9 cm³/mol. The van der Waals surface area contributed by atoms with E-state index in [4.69, 9.17) is 4.74 Å². The number of ether oxygens (including phenoxy) is 1. The van der Waals surface area contributed by atoms with Gasteiger partial charge in [-0.25, -0.2) is 0 Å². The Bertz CT molecular complexity index is 871. The summed E-state index contributed by atoms with van der Waals surface area (Å²) in [5, 5.41) is 4.86. The van der Waals surface area contributed by atoms with Crippen molar-refractivity contribution in [3.8, 4) is 5.75 Å². The summed E-state index contributed by atoms with van der Waals surface area (Å²) < 4.78 is 5.21. The summed E-state index contributed by atoms with van der Waals surface area (Å²) in [4.78, 5) is 35.1. The molecule has 6 nitrogen and oxygen atoms in total. The summed E-state index contributed by atoms with van der Waals surface area (Å²) in [6.07, 6.45) is 3.01. The number of anilines is 1. The third kappa shape index (κ3) is 3.03. The fourth-order valence-corrected chi connectivity index (χ4v) is 2.40. The van der Waals surface area contributed by atoms with E-state index in [1.807, 2.05) is 18.2 Å². The van der Waals surface area contributed by atoms with E-state index in [1.54, 1.807) is 25.3 Å². The number of nitrogens with one attached hydrogen (secondary N) is 2. The second-order valence-corrected chi connectivity index (χ2v) is 5.11. The molecule has 120 valence electrons. The maximum atomic E-state index is 12.0. The van der Waals surface area contributed by atoms with Crippen LogP contribution in [-0.4, -0.2) is 24.8 Å². The van der Waals surface area contributed by atoms with Gasteiger partial charge in [0, 0.05) is 17.3 Å². The number of hydrogen-bond donors (Lipinski definition) is 2. The van der Waals surface area contributed by atoms with Crippen LogP contribution < -0.4 is 15.4 Å². The normalized spacial score (nSPS) is 12.9. The van der Waals surface area contributed by atoms with Gasteiger partial charge in [0.15, 0.2) is 0 Å². The molecule has 0 saturated carbocycles. The highest BCUT2D eigenvalue weighted by atomic mass is 16.5. The lowest BCUT2D eigenvalue weighted by atomic mass is 10.1. The zero-order valence-corrected chi connectivity index (χ0v) is 12.8. The fraction of sp³-hybridized carbons (Fsp3) is 0.0556. The summed E-state index contributed by atoms with van der Waals surface area (Å²) in [5.74, 6) is -0.584. The quantitative estimate of drug-likeness (QED) is 0.668. The minimum absolute atomic E-state index is 0.256. The summed E-state index contributed by atoms with van der Waals surface area (Å²) in [5.41, 5.74) is 1.77. The maximum absolute atomic E-state index is 12.0. The SMILES string of the molecule is COc1ccccc1/C=C/C(=O)Nc1ccc2c(c1)C(=O)NC2=O. The highest BCUT2D eigenvalue weighted by molar-refractivity contribution is 6.22. The number of benzene rings is 2. The van der Waals surface area contributed by atoms with Gasteiger partial charge in [0.05, 0.1) is 18.2 Å². The number of methoxy groups -OCH3 is 1. The van der Waals surface area contributed by atoms with Gasteiger partial charge in [0.25, 0.3) is 11.8 Å². The van der Waals surface area contributed by atoms with Gasteiger partial charge >= 0.3 is 0 Å². The zero-order chi connectivity index (χ0) is 17.1. The topological polar surface area (TPSA) is 84.5 Å². The maximum Gasteiger partial charge on any atom is 0.259 e. The Hall–Kier alpha value is -3.41. The molecule has 2 N–H and O–H groups in total. The van der Waals surface area contributed by atoms with Crippen molar-refractivity contribution < 1.29 is 19.1 Å². The molecule has 3 amide bonds. The molecule has 0 spiro atoms. The Labute approximate surface area is 138 Å². The molecule has 0 fully saturated rings. The molecule has 1 aliphatic heterocycles. The van der Waals surface area contributed by atoms with E-state index in [9.17, 15) is 14.4 Å². The molecule has 0 unspecified atom stereocenters. The van der Waals surface area contributed by atoms with E-state index in [2.05, 4.69) is 10.6 Å². The predicted octanol–water partition coefficient (Wildman–Crippen LogP) is 2.23. The number of fused-ring (bicyclic) bond motifs is 1. The average molecular weight is 322 g/mol. The van der Waals surface area contributed by atoms with E-state index in [-0.39, 0.29) is 11.5 Å². The van der Waals surface area contributed by atoms with Crippen LogP contribution in [0.4, 0.5) is 5.69 Å². The highest BCUT2D eigenvalue weighted by Crippen LogP contribution is 2.21. The first-order valence-corrected chi connectivity index (χ1v) is 7.20. The average Bonchev–Trinajstić information content (AvgIpc) is 2.87. The van der Waals surface area contributed by atoms with Crippen molar-refractivity contribution in [3.63, 3.8) is 0 Å². The molecule has 1 heterocycles. The van der Waals surface area contributed by atoms with E-state index < -0.39 is 11.8 Å². The molecule has 2 aromatic rings. The van der Waals surface area contributed by atoms with Crippen LogP contribution in [-0.2, 0) is 4.79 Å². The third-order valence-corrected chi connectivity index (χ3v) is 3.56. The van der Waals surface area contributed by atoms with Crippen LogP contribution in [0.15, 0.2) is 48.5 Å². The Kier molecular flexibility index (Phi) is 4.11. The van der Waals surface area contributed by atoms with Crippen LogP contribution in [0.25, 0.3) is 6.08 Å². The fourth-order valence-electron chi connectivity index (χ4n) is 2.40.